The van der Waals surface area contributed by atoms with Crippen molar-refractivity contribution >= 4 is 5.78 Å². The third-order valence-electron chi connectivity index (χ3n) is 3.41. The first-order valence-electron chi connectivity index (χ1n) is 7.06. The Bertz CT molecular complexity index is 679. The van der Waals surface area contributed by atoms with Gasteiger partial charge in [-0.25, -0.2) is 9.67 Å². The lowest BCUT2D eigenvalue weighted by Crippen LogP contribution is -2.14. The Balaban J connectivity index is 1.81. The van der Waals surface area contributed by atoms with Crippen LogP contribution in [0.2, 0.25) is 0 Å². The van der Waals surface area contributed by atoms with E-state index in [0.717, 1.165) is 24.5 Å². The summed E-state index contributed by atoms with van der Waals surface area (Å²) in [6, 6.07) is 5.22. The van der Waals surface area contributed by atoms with E-state index in [1.54, 1.807) is 22.9 Å². The predicted molar refractivity (Wildman–Crippen MR) is 75.7 cm³/mol. The molecule has 0 spiro atoms. The zero-order valence-electron chi connectivity index (χ0n) is 12.1. The number of aryl methyl sites for hydroxylation is 2. The van der Waals surface area contributed by atoms with Crippen molar-refractivity contribution in [2.24, 2.45) is 0 Å². The van der Waals surface area contributed by atoms with Crippen LogP contribution in [0.15, 0.2) is 18.2 Å². The number of hydrogen-bond donors (Lipinski definition) is 0. The standard InChI is InChI=1S/C15H17N3O3/c1-3-14-16-15(4-2)18(17-14)8-11(19)10-5-6-12-13(7-10)21-9-20-12/h5-7H,3-4,8-9H2,1-2H3. The summed E-state index contributed by atoms with van der Waals surface area (Å²) in [4.78, 5) is 16.8. The van der Waals surface area contributed by atoms with E-state index in [1.807, 2.05) is 13.8 Å². The van der Waals surface area contributed by atoms with E-state index >= 15 is 0 Å². The van der Waals surface area contributed by atoms with Gasteiger partial charge in [0.2, 0.25) is 6.79 Å². The van der Waals surface area contributed by atoms with Crippen LogP contribution in [0.1, 0.15) is 35.9 Å². The quantitative estimate of drug-likeness (QED) is 0.787. The third kappa shape index (κ3) is 2.61. The number of fused-ring (bicyclic) bond motifs is 1. The van der Waals surface area contributed by atoms with Gasteiger partial charge in [-0.1, -0.05) is 13.8 Å². The summed E-state index contributed by atoms with van der Waals surface area (Å²) in [6.45, 7) is 4.40. The van der Waals surface area contributed by atoms with E-state index < -0.39 is 0 Å². The fourth-order valence-corrected chi connectivity index (χ4v) is 2.26. The molecule has 0 radical (unpaired) electrons. The number of ketones is 1. The fourth-order valence-electron chi connectivity index (χ4n) is 2.26. The van der Waals surface area contributed by atoms with Gasteiger partial charge in [0.15, 0.2) is 23.1 Å². The molecule has 110 valence electrons. The van der Waals surface area contributed by atoms with Crippen LogP contribution in [0.4, 0.5) is 0 Å². The van der Waals surface area contributed by atoms with Crippen LogP contribution in [-0.4, -0.2) is 27.3 Å². The maximum Gasteiger partial charge on any atom is 0.231 e. The molecule has 0 unspecified atom stereocenters. The first-order chi connectivity index (χ1) is 10.2. The number of carbonyl (C=O) groups excluding carboxylic acids is 1. The molecular formula is C15H17N3O3. The lowest BCUT2D eigenvalue weighted by molar-refractivity contribution is 0.0965. The second-order valence-corrected chi connectivity index (χ2v) is 4.80. The number of benzene rings is 1. The fraction of sp³-hybridized carbons (Fsp3) is 0.400. The van der Waals surface area contributed by atoms with Crippen LogP contribution in [0.25, 0.3) is 0 Å². The molecule has 0 N–H and O–H groups in total. The molecule has 0 aliphatic carbocycles. The average molecular weight is 287 g/mol. The molecule has 0 amide bonds. The number of Topliss-reactive ketones (excluding diaryl/α,β-unsaturated/α-hetero) is 1. The SMILES string of the molecule is CCc1nc(CC)n(CC(=O)c2ccc3c(c2)OCO3)n1. The summed E-state index contributed by atoms with van der Waals surface area (Å²) < 4.78 is 12.2. The lowest BCUT2D eigenvalue weighted by atomic mass is 10.1. The molecule has 0 fully saturated rings. The summed E-state index contributed by atoms with van der Waals surface area (Å²) in [5.41, 5.74) is 0.592. The number of rotatable bonds is 5. The Morgan fingerprint density at radius 1 is 1.24 bits per heavy atom. The molecule has 2 heterocycles. The van der Waals surface area contributed by atoms with E-state index in [0.29, 0.717) is 17.1 Å². The van der Waals surface area contributed by atoms with Gasteiger partial charge >= 0.3 is 0 Å². The van der Waals surface area contributed by atoms with E-state index in [4.69, 9.17) is 9.47 Å². The van der Waals surface area contributed by atoms with E-state index in [-0.39, 0.29) is 19.1 Å². The van der Waals surface area contributed by atoms with Crippen LogP contribution >= 0.6 is 0 Å². The highest BCUT2D eigenvalue weighted by molar-refractivity contribution is 5.96. The van der Waals surface area contributed by atoms with Crippen LogP contribution in [0.5, 0.6) is 11.5 Å². The molecule has 1 aromatic carbocycles. The topological polar surface area (TPSA) is 66.2 Å². The first kappa shape index (κ1) is 13.6. The monoisotopic (exact) mass is 287 g/mol. The Morgan fingerprint density at radius 3 is 2.81 bits per heavy atom. The molecule has 0 saturated carbocycles. The van der Waals surface area contributed by atoms with Crippen LogP contribution in [0.3, 0.4) is 0 Å². The van der Waals surface area contributed by atoms with Crippen molar-refractivity contribution in [3.63, 3.8) is 0 Å². The van der Waals surface area contributed by atoms with E-state index in [9.17, 15) is 4.79 Å². The molecular weight excluding hydrogens is 270 g/mol. The highest BCUT2D eigenvalue weighted by Gasteiger charge is 2.18. The normalized spacial score (nSPS) is 12.7. The Kier molecular flexibility index (Phi) is 3.60. The summed E-state index contributed by atoms with van der Waals surface area (Å²) >= 11 is 0. The van der Waals surface area contributed by atoms with Gasteiger partial charge in [0.1, 0.15) is 12.4 Å². The van der Waals surface area contributed by atoms with Crippen LogP contribution in [-0.2, 0) is 19.4 Å². The Hall–Kier alpha value is -2.37. The van der Waals surface area contributed by atoms with Crippen molar-refractivity contribution in [3.8, 4) is 11.5 Å². The molecule has 21 heavy (non-hydrogen) atoms. The maximum atomic E-state index is 12.4. The number of nitrogens with zero attached hydrogens (tertiary/aromatic N) is 3. The highest BCUT2D eigenvalue weighted by Crippen LogP contribution is 2.32. The van der Waals surface area contributed by atoms with E-state index in [1.165, 1.54) is 0 Å². The second kappa shape index (κ2) is 5.55. The Morgan fingerprint density at radius 2 is 2.05 bits per heavy atom. The smallest absolute Gasteiger partial charge is 0.231 e. The van der Waals surface area contributed by atoms with Crippen molar-refractivity contribution in [1.82, 2.24) is 14.8 Å². The summed E-state index contributed by atoms with van der Waals surface area (Å²) in [5.74, 6) is 2.88. The molecule has 2 aromatic rings. The third-order valence-corrected chi connectivity index (χ3v) is 3.41. The second-order valence-electron chi connectivity index (χ2n) is 4.80. The van der Waals surface area contributed by atoms with Crippen LogP contribution in [0, 0.1) is 0 Å². The van der Waals surface area contributed by atoms with Crippen LogP contribution < -0.4 is 9.47 Å². The minimum absolute atomic E-state index is 0.0180. The largest absolute Gasteiger partial charge is 0.454 e. The molecule has 3 rings (SSSR count). The van der Waals surface area contributed by atoms with Gasteiger partial charge in [-0.2, -0.15) is 5.10 Å². The molecule has 0 atom stereocenters. The minimum atomic E-state index is -0.0180. The summed E-state index contributed by atoms with van der Waals surface area (Å²) in [7, 11) is 0. The zero-order chi connectivity index (χ0) is 14.8. The van der Waals surface area contributed by atoms with Gasteiger partial charge in [0.05, 0.1) is 0 Å². The molecule has 0 saturated heterocycles. The molecule has 6 nitrogen and oxygen atoms in total. The van der Waals surface area contributed by atoms with Crippen molar-refractivity contribution in [2.75, 3.05) is 6.79 Å². The predicted octanol–water partition coefficient (Wildman–Crippen LogP) is 2.01. The average Bonchev–Trinajstić information content (AvgIpc) is 3.12. The van der Waals surface area contributed by atoms with Crippen molar-refractivity contribution < 1.29 is 14.3 Å². The van der Waals surface area contributed by atoms with Gasteiger partial charge in [-0.15, -0.1) is 0 Å². The number of aromatic nitrogens is 3. The zero-order valence-corrected chi connectivity index (χ0v) is 12.1. The van der Waals surface area contributed by atoms with Gasteiger partial charge in [0, 0.05) is 18.4 Å². The molecule has 1 aliphatic rings. The van der Waals surface area contributed by atoms with Gasteiger partial charge in [-0.3, -0.25) is 4.79 Å². The van der Waals surface area contributed by atoms with E-state index in [2.05, 4.69) is 10.1 Å². The van der Waals surface area contributed by atoms with Gasteiger partial charge in [0.25, 0.3) is 0 Å². The van der Waals surface area contributed by atoms with Crippen molar-refractivity contribution in [2.45, 2.75) is 33.2 Å². The van der Waals surface area contributed by atoms with Gasteiger partial charge in [-0.05, 0) is 18.2 Å². The number of ether oxygens (including phenoxy) is 2. The Labute approximate surface area is 122 Å². The number of carbonyl (C=O) groups is 1. The minimum Gasteiger partial charge on any atom is -0.454 e. The highest BCUT2D eigenvalue weighted by atomic mass is 16.7. The molecule has 1 aromatic heterocycles. The number of hydrogen-bond acceptors (Lipinski definition) is 5. The summed E-state index contributed by atoms with van der Waals surface area (Å²) in [6.07, 6.45) is 1.51. The maximum absolute atomic E-state index is 12.4. The first-order valence-corrected chi connectivity index (χ1v) is 7.06. The van der Waals surface area contributed by atoms with Gasteiger partial charge < -0.3 is 9.47 Å². The van der Waals surface area contributed by atoms with Crippen molar-refractivity contribution in [1.29, 1.82) is 0 Å². The van der Waals surface area contributed by atoms with Crippen molar-refractivity contribution in [3.05, 3.63) is 35.4 Å². The summed E-state index contributed by atoms with van der Waals surface area (Å²) in [5, 5.41) is 4.37. The lowest BCUT2D eigenvalue weighted by Gasteiger charge is -2.05. The molecule has 1 aliphatic heterocycles. The molecule has 6 heteroatoms. The molecule has 0 bridgehead atoms.